The van der Waals surface area contributed by atoms with Crippen molar-refractivity contribution < 1.29 is 9.59 Å². The maximum absolute atomic E-state index is 12.8. The van der Waals surface area contributed by atoms with Gasteiger partial charge in [-0.2, -0.15) is 0 Å². The van der Waals surface area contributed by atoms with Crippen LogP contribution in [0.1, 0.15) is 105 Å². The predicted octanol–water partition coefficient (Wildman–Crippen LogP) is 7.17. The zero-order chi connectivity index (χ0) is 22.2. The highest BCUT2D eigenvalue weighted by molar-refractivity contribution is 5.92. The first-order chi connectivity index (χ1) is 14.6. The third-order valence-corrected chi connectivity index (χ3v) is 11.4. The second-order valence-electron chi connectivity index (χ2n) is 13.0. The Balaban J connectivity index is 1.35. The Morgan fingerprint density at radius 3 is 2.45 bits per heavy atom. The summed E-state index contributed by atoms with van der Waals surface area (Å²) in [5, 5.41) is 0. The van der Waals surface area contributed by atoms with Crippen molar-refractivity contribution in [3.8, 4) is 0 Å². The summed E-state index contributed by atoms with van der Waals surface area (Å²) >= 11 is 0. The van der Waals surface area contributed by atoms with Gasteiger partial charge in [-0.05, 0) is 98.2 Å². The number of Topliss-reactive ketones (excluding diaryl/α,β-unsaturated/α-hetero) is 2. The molecule has 0 bridgehead atoms. The first kappa shape index (κ1) is 21.9. The standard InChI is InChI=1S/C29H44O2/c1-18(2)24(30)10-6-19(3)21-8-9-22-20-7-11-25-28(5,23(20)12-14-27(21,22)4)15-13-26(31)29(25)16-17-29/h11,18-23H,6-10,12-17H2,1-5H3/t19-,20+,21-,22+,23+,27-,28-/m1/s1. The number of carbonyl (C=O) groups is 2. The molecule has 0 unspecified atom stereocenters. The zero-order valence-corrected chi connectivity index (χ0v) is 20.6. The molecule has 4 fully saturated rings. The minimum absolute atomic E-state index is 0.0194. The summed E-state index contributed by atoms with van der Waals surface area (Å²) in [4.78, 5) is 25.0. The summed E-state index contributed by atoms with van der Waals surface area (Å²) < 4.78 is 0. The molecule has 2 nitrogen and oxygen atoms in total. The smallest absolute Gasteiger partial charge is 0.143 e. The van der Waals surface area contributed by atoms with Crippen LogP contribution in [-0.4, -0.2) is 11.6 Å². The fourth-order valence-electron chi connectivity index (χ4n) is 9.43. The predicted molar refractivity (Wildman–Crippen MR) is 125 cm³/mol. The van der Waals surface area contributed by atoms with Crippen LogP contribution in [0.3, 0.4) is 0 Å². The fourth-order valence-corrected chi connectivity index (χ4v) is 9.43. The highest BCUT2D eigenvalue weighted by Crippen LogP contribution is 2.72. The van der Waals surface area contributed by atoms with E-state index in [1.165, 1.54) is 32.1 Å². The van der Waals surface area contributed by atoms with Gasteiger partial charge in [0.2, 0.25) is 0 Å². The summed E-state index contributed by atoms with van der Waals surface area (Å²) in [6.07, 6.45) is 15.3. The van der Waals surface area contributed by atoms with Crippen molar-refractivity contribution >= 4 is 11.6 Å². The molecule has 2 heteroatoms. The minimum Gasteiger partial charge on any atom is -0.299 e. The van der Waals surface area contributed by atoms with E-state index in [1.54, 1.807) is 5.57 Å². The number of rotatable bonds is 5. The average Bonchev–Trinajstić information content (AvgIpc) is 3.44. The monoisotopic (exact) mass is 424 g/mol. The van der Waals surface area contributed by atoms with Crippen molar-refractivity contribution in [2.24, 2.45) is 51.8 Å². The Bertz CT molecular complexity index is 802. The van der Waals surface area contributed by atoms with Gasteiger partial charge in [0, 0.05) is 18.8 Å². The molecule has 7 atom stereocenters. The van der Waals surface area contributed by atoms with Crippen molar-refractivity contribution in [3.05, 3.63) is 11.6 Å². The van der Waals surface area contributed by atoms with Gasteiger partial charge in [-0.25, -0.2) is 0 Å². The van der Waals surface area contributed by atoms with Gasteiger partial charge in [-0.15, -0.1) is 0 Å². The molecule has 172 valence electrons. The Hall–Kier alpha value is -0.920. The van der Waals surface area contributed by atoms with Crippen LogP contribution in [0.2, 0.25) is 0 Å². The third-order valence-electron chi connectivity index (χ3n) is 11.4. The molecule has 0 amide bonds. The molecule has 5 rings (SSSR count). The molecule has 4 saturated carbocycles. The van der Waals surface area contributed by atoms with Crippen LogP contribution in [0.4, 0.5) is 0 Å². The van der Waals surface area contributed by atoms with Crippen LogP contribution in [0.5, 0.6) is 0 Å². The molecule has 0 radical (unpaired) electrons. The van der Waals surface area contributed by atoms with Crippen molar-refractivity contribution in [2.45, 2.75) is 105 Å². The average molecular weight is 425 g/mol. The molecule has 0 aliphatic heterocycles. The van der Waals surface area contributed by atoms with Crippen molar-refractivity contribution in [2.75, 3.05) is 0 Å². The van der Waals surface area contributed by atoms with Gasteiger partial charge in [-0.3, -0.25) is 9.59 Å². The number of ketones is 2. The third kappa shape index (κ3) is 3.09. The second-order valence-corrected chi connectivity index (χ2v) is 13.0. The van der Waals surface area contributed by atoms with E-state index in [2.05, 4.69) is 26.8 Å². The van der Waals surface area contributed by atoms with Crippen LogP contribution in [0, 0.1) is 51.8 Å². The van der Waals surface area contributed by atoms with E-state index < -0.39 is 0 Å². The van der Waals surface area contributed by atoms with Crippen LogP contribution in [0.25, 0.3) is 0 Å². The molecule has 31 heavy (non-hydrogen) atoms. The lowest BCUT2D eigenvalue weighted by molar-refractivity contribution is -0.128. The quantitative estimate of drug-likeness (QED) is 0.439. The van der Waals surface area contributed by atoms with Gasteiger partial charge in [0.25, 0.3) is 0 Å². The van der Waals surface area contributed by atoms with Gasteiger partial charge in [0.1, 0.15) is 11.6 Å². The Kier molecular flexibility index (Phi) is 5.15. The lowest BCUT2D eigenvalue weighted by Crippen LogP contribution is -2.52. The molecule has 0 saturated heterocycles. The molecular formula is C29H44O2. The SMILES string of the molecule is CC(C)C(=O)CC[C@@H](C)[C@H]1CC[C@H]2[C@@H]3CC=C4C5(CC5)C(=O)CC[C@]4(C)[C@H]3CC[C@]12C. The molecule has 5 aliphatic rings. The number of allylic oxidation sites excluding steroid dienone is 2. The summed E-state index contributed by atoms with van der Waals surface area (Å²) in [5.41, 5.74) is 2.29. The van der Waals surface area contributed by atoms with Crippen LogP contribution in [-0.2, 0) is 9.59 Å². The second kappa shape index (κ2) is 7.29. The molecule has 1 spiro atoms. The molecule has 0 aromatic heterocycles. The number of hydrogen-bond donors (Lipinski definition) is 0. The highest BCUT2D eigenvalue weighted by atomic mass is 16.1. The van der Waals surface area contributed by atoms with E-state index in [1.807, 2.05) is 13.8 Å². The van der Waals surface area contributed by atoms with Gasteiger partial charge in [0.15, 0.2) is 0 Å². The van der Waals surface area contributed by atoms with Crippen LogP contribution in [0.15, 0.2) is 11.6 Å². The first-order valence-corrected chi connectivity index (χ1v) is 13.4. The number of hydrogen-bond acceptors (Lipinski definition) is 2. The Labute approximate surface area is 190 Å². The summed E-state index contributed by atoms with van der Waals surface area (Å²) in [6.45, 7) is 11.7. The van der Waals surface area contributed by atoms with E-state index in [0.29, 0.717) is 22.9 Å². The van der Waals surface area contributed by atoms with Crippen LogP contribution < -0.4 is 0 Å². The van der Waals surface area contributed by atoms with Crippen molar-refractivity contribution in [1.82, 2.24) is 0 Å². The topological polar surface area (TPSA) is 34.1 Å². The van der Waals surface area contributed by atoms with E-state index >= 15 is 0 Å². The Morgan fingerprint density at radius 1 is 1.03 bits per heavy atom. The van der Waals surface area contributed by atoms with Gasteiger partial charge in [-0.1, -0.05) is 46.3 Å². The number of fused-ring (bicyclic) bond motifs is 6. The summed E-state index contributed by atoms with van der Waals surface area (Å²) in [6, 6.07) is 0. The maximum Gasteiger partial charge on any atom is 0.143 e. The van der Waals surface area contributed by atoms with E-state index in [4.69, 9.17) is 0 Å². The molecule has 0 aromatic rings. The molecule has 0 heterocycles. The zero-order valence-electron chi connectivity index (χ0n) is 20.6. The first-order valence-electron chi connectivity index (χ1n) is 13.4. The highest BCUT2D eigenvalue weighted by Gasteiger charge is 2.65. The maximum atomic E-state index is 12.8. The molecular weight excluding hydrogens is 380 g/mol. The van der Waals surface area contributed by atoms with E-state index in [9.17, 15) is 9.59 Å². The Morgan fingerprint density at radius 2 is 1.77 bits per heavy atom. The molecule has 0 N–H and O–H groups in total. The van der Waals surface area contributed by atoms with Gasteiger partial charge >= 0.3 is 0 Å². The summed E-state index contributed by atoms with van der Waals surface area (Å²) in [5.74, 6) is 5.03. The lowest BCUT2D eigenvalue weighted by Gasteiger charge is -2.59. The van der Waals surface area contributed by atoms with Gasteiger partial charge < -0.3 is 0 Å². The molecule has 0 aromatic carbocycles. The van der Waals surface area contributed by atoms with Crippen molar-refractivity contribution in [3.63, 3.8) is 0 Å². The largest absolute Gasteiger partial charge is 0.299 e. The normalized spacial score (nSPS) is 43.8. The van der Waals surface area contributed by atoms with Crippen molar-refractivity contribution in [1.29, 1.82) is 0 Å². The van der Waals surface area contributed by atoms with E-state index in [0.717, 1.165) is 62.2 Å². The summed E-state index contributed by atoms with van der Waals surface area (Å²) in [7, 11) is 0. The van der Waals surface area contributed by atoms with Crippen LogP contribution >= 0.6 is 0 Å². The fraction of sp³-hybridized carbons (Fsp3) is 0.862. The molecule has 5 aliphatic carbocycles. The number of carbonyl (C=O) groups excluding carboxylic acids is 2. The lowest BCUT2D eigenvalue weighted by atomic mass is 9.45. The van der Waals surface area contributed by atoms with E-state index in [-0.39, 0.29) is 16.7 Å². The minimum atomic E-state index is -0.0194. The van der Waals surface area contributed by atoms with Gasteiger partial charge in [0.05, 0.1) is 5.41 Å².